The molecule has 1 aromatic carbocycles. The Bertz CT molecular complexity index is 742. The maximum atomic E-state index is 13.6. The second kappa shape index (κ2) is 4.46. The molecule has 2 aromatic heterocycles. The first-order valence-corrected chi connectivity index (χ1v) is 6.60. The second-order valence-corrected chi connectivity index (χ2v) is 5.65. The van der Waals surface area contributed by atoms with E-state index in [1.807, 2.05) is 6.07 Å². The molecule has 0 aliphatic carbocycles. The lowest BCUT2D eigenvalue weighted by atomic mass is 10.2. The summed E-state index contributed by atoms with van der Waals surface area (Å²) in [4.78, 5) is 9.21. The van der Waals surface area contributed by atoms with Gasteiger partial charge in [-0.05, 0) is 24.3 Å². The number of hydrogen-bond acceptors (Lipinski definition) is 3. The van der Waals surface area contributed by atoms with E-state index in [2.05, 4.69) is 9.97 Å². The summed E-state index contributed by atoms with van der Waals surface area (Å²) in [6.07, 6.45) is 0. The Kier molecular flexibility index (Phi) is 2.93. The molecular formula is C12H5Cl2FN2S. The van der Waals surface area contributed by atoms with Crippen LogP contribution in [0, 0.1) is 5.82 Å². The summed E-state index contributed by atoms with van der Waals surface area (Å²) in [6, 6.07) is 8.19. The fourth-order valence-electron chi connectivity index (χ4n) is 1.64. The topological polar surface area (TPSA) is 25.8 Å². The molecule has 3 rings (SSSR count). The summed E-state index contributed by atoms with van der Waals surface area (Å²) >= 11 is 13.2. The van der Waals surface area contributed by atoms with Crippen molar-refractivity contribution in [1.82, 2.24) is 9.97 Å². The van der Waals surface area contributed by atoms with Gasteiger partial charge in [0.05, 0.1) is 20.1 Å². The van der Waals surface area contributed by atoms with Crippen molar-refractivity contribution in [2.75, 3.05) is 0 Å². The molecule has 2 heterocycles. The van der Waals surface area contributed by atoms with Gasteiger partial charge < -0.3 is 0 Å². The third kappa shape index (κ3) is 1.96. The normalized spacial score (nSPS) is 11.1. The van der Waals surface area contributed by atoms with Crippen molar-refractivity contribution in [2.24, 2.45) is 0 Å². The lowest BCUT2D eigenvalue weighted by Crippen LogP contribution is -1.92. The first-order chi connectivity index (χ1) is 8.65. The molecule has 0 atom stereocenters. The molecule has 0 amide bonds. The summed E-state index contributed by atoms with van der Waals surface area (Å²) < 4.78 is 14.2. The number of nitrogens with zero attached hydrogens (tertiary/aromatic N) is 2. The van der Waals surface area contributed by atoms with E-state index in [0.717, 1.165) is 4.88 Å². The zero-order valence-electron chi connectivity index (χ0n) is 8.82. The Balaban J connectivity index is 2.28. The van der Waals surface area contributed by atoms with Crippen LogP contribution in [-0.2, 0) is 0 Å². The molecule has 0 bridgehead atoms. The number of benzene rings is 1. The first-order valence-electron chi connectivity index (χ1n) is 5.02. The Morgan fingerprint density at radius 2 is 1.89 bits per heavy atom. The van der Waals surface area contributed by atoms with Gasteiger partial charge in [0.15, 0.2) is 5.82 Å². The predicted molar refractivity (Wildman–Crippen MR) is 72.8 cm³/mol. The molecule has 0 aliphatic rings. The van der Waals surface area contributed by atoms with E-state index < -0.39 is 5.82 Å². The zero-order chi connectivity index (χ0) is 12.7. The molecule has 0 saturated carbocycles. The smallest absolute Gasteiger partial charge is 0.171 e. The lowest BCUT2D eigenvalue weighted by Gasteiger charge is -2.03. The molecule has 0 N–H and O–H groups in total. The summed E-state index contributed by atoms with van der Waals surface area (Å²) in [5, 5.41) is 0.350. The Labute approximate surface area is 116 Å². The van der Waals surface area contributed by atoms with Gasteiger partial charge in [-0.2, -0.15) is 0 Å². The fraction of sp³-hybridized carbons (Fsp3) is 0. The van der Waals surface area contributed by atoms with Crippen molar-refractivity contribution in [3.63, 3.8) is 0 Å². The van der Waals surface area contributed by atoms with Gasteiger partial charge in [0.2, 0.25) is 0 Å². The lowest BCUT2D eigenvalue weighted by molar-refractivity contribution is 0.639. The SMILES string of the molecule is Fc1cccc2nc(-c3ccc(Cl)s3)nc(Cl)c12. The van der Waals surface area contributed by atoms with Crippen LogP contribution in [0.5, 0.6) is 0 Å². The van der Waals surface area contributed by atoms with Crippen molar-refractivity contribution in [3.8, 4) is 10.7 Å². The average Bonchev–Trinajstić information content (AvgIpc) is 2.75. The molecule has 0 fully saturated rings. The highest BCUT2D eigenvalue weighted by Gasteiger charge is 2.12. The van der Waals surface area contributed by atoms with Crippen LogP contribution < -0.4 is 0 Å². The molecule has 0 saturated heterocycles. The number of fused-ring (bicyclic) bond motifs is 1. The van der Waals surface area contributed by atoms with Gasteiger partial charge in [0, 0.05) is 0 Å². The van der Waals surface area contributed by atoms with E-state index in [1.54, 1.807) is 18.2 Å². The molecule has 0 unspecified atom stereocenters. The summed E-state index contributed by atoms with van der Waals surface area (Å²) in [6.45, 7) is 0. The predicted octanol–water partition coefficient (Wildman–Crippen LogP) is 4.80. The van der Waals surface area contributed by atoms with Crippen LogP contribution in [0.25, 0.3) is 21.6 Å². The largest absolute Gasteiger partial charge is 0.227 e. The molecule has 18 heavy (non-hydrogen) atoms. The van der Waals surface area contributed by atoms with Crippen molar-refractivity contribution in [1.29, 1.82) is 0 Å². The molecule has 3 aromatic rings. The highest BCUT2D eigenvalue weighted by atomic mass is 35.5. The third-order valence-corrected chi connectivity index (χ3v) is 3.92. The van der Waals surface area contributed by atoms with Crippen LogP contribution >= 0.6 is 34.5 Å². The van der Waals surface area contributed by atoms with Gasteiger partial charge in [-0.3, -0.25) is 0 Å². The summed E-state index contributed by atoms with van der Waals surface area (Å²) in [5.74, 6) is 0.0308. The van der Waals surface area contributed by atoms with E-state index in [9.17, 15) is 4.39 Å². The number of aromatic nitrogens is 2. The van der Waals surface area contributed by atoms with Crippen LogP contribution in [-0.4, -0.2) is 9.97 Å². The van der Waals surface area contributed by atoms with Gasteiger partial charge in [-0.25, -0.2) is 14.4 Å². The van der Waals surface area contributed by atoms with Gasteiger partial charge in [0.1, 0.15) is 11.0 Å². The van der Waals surface area contributed by atoms with E-state index in [0.29, 0.717) is 15.7 Å². The highest BCUT2D eigenvalue weighted by Crippen LogP contribution is 2.32. The number of hydrogen-bond donors (Lipinski definition) is 0. The van der Waals surface area contributed by atoms with Crippen LogP contribution in [0.4, 0.5) is 4.39 Å². The molecule has 90 valence electrons. The monoisotopic (exact) mass is 298 g/mol. The quantitative estimate of drug-likeness (QED) is 0.603. The van der Waals surface area contributed by atoms with Gasteiger partial charge in [-0.15, -0.1) is 11.3 Å². The number of rotatable bonds is 1. The van der Waals surface area contributed by atoms with Crippen LogP contribution in [0.2, 0.25) is 9.49 Å². The van der Waals surface area contributed by atoms with Crippen molar-refractivity contribution in [3.05, 3.63) is 45.6 Å². The van der Waals surface area contributed by atoms with Crippen LogP contribution in [0.1, 0.15) is 0 Å². The van der Waals surface area contributed by atoms with E-state index in [4.69, 9.17) is 23.2 Å². The van der Waals surface area contributed by atoms with E-state index >= 15 is 0 Å². The summed E-state index contributed by atoms with van der Waals surface area (Å²) in [7, 11) is 0. The van der Waals surface area contributed by atoms with Crippen LogP contribution in [0.3, 0.4) is 0 Å². The van der Waals surface area contributed by atoms with Gasteiger partial charge in [-0.1, -0.05) is 29.3 Å². The van der Waals surface area contributed by atoms with E-state index in [-0.39, 0.29) is 10.5 Å². The third-order valence-electron chi connectivity index (χ3n) is 2.42. The number of halogens is 3. The van der Waals surface area contributed by atoms with Gasteiger partial charge in [0.25, 0.3) is 0 Å². The molecular weight excluding hydrogens is 294 g/mol. The Morgan fingerprint density at radius 1 is 1.06 bits per heavy atom. The minimum Gasteiger partial charge on any atom is -0.227 e. The molecule has 6 heteroatoms. The molecule has 0 radical (unpaired) electrons. The van der Waals surface area contributed by atoms with Crippen molar-refractivity contribution in [2.45, 2.75) is 0 Å². The minimum atomic E-state index is -0.423. The number of thiophene rings is 1. The maximum Gasteiger partial charge on any atom is 0.171 e. The van der Waals surface area contributed by atoms with Crippen molar-refractivity contribution >= 4 is 45.4 Å². The standard InChI is InChI=1S/C12H5Cl2FN2S/c13-9-5-4-8(18-9)12-16-7-3-1-2-6(15)10(7)11(14)17-12/h1-5H. The first kappa shape index (κ1) is 11.8. The fourth-order valence-corrected chi connectivity index (χ4v) is 2.89. The molecule has 0 aliphatic heterocycles. The van der Waals surface area contributed by atoms with Gasteiger partial charge >= 0.3 is 0 Å². The molecule has 0 spiro atoms. The summed E-state index contributed by atoms with van der Waals surface area (Å²) in [5.41, 5.74) is 0.481. The maximum absolute atomic E-state index is 13.6. The van der Waals surface area contributed by atoms with Crippen molar-refractivity contribution < 1.29 is 4.39 Å². The highest BCUT2D eigenvalue weighted by molar-refractivity contribution is 7.19. The Morgan fingerprint density at radius 3 is 2.61 bits per heavy atom. The zero-order valence-corrected chi connectivity index (χ0v) is 11.2. The minimum absolute atomic E-state index is 0.109. The molecule has 2 nitrogen and oxygen atoms in total. The Hall–Kier alpha value is -1.23. The van der Waals surface area contributed by atoms with E-state index in [1.165, 1.54) is 17.4 Å². The second-order valence-electron chi connectivity index (χ2n) is 3.58. The van der Waals surface area contributed by atoms with Crippen LogP contribution in [0.15, 0.2) is 30.3 Å². The average molecular weight is 299 g/mol.